The van der Waals surface area contributed by atoms with Crippen molar-refractivity contribution >= 4 is 27.5 Å². The van der Waals surface area contributed by atoms with Crippen LogP contribution in [0.2, 0.25) is 0 Å². The molecule has 0 aromatic heterocycles. The lowest BCUT2D eigenvalue weighted by atomic mass is 10.1. The molecular weight excluding hydrogens is 478 g/mol. The lowest BCUT2D eigenvalue weighted by molar-refractivity contribution is -0.140. The Labute approximate surface area is 214 Å². The van der Waals surface area contributed by atoms with Crippen LogP contribution in [0.25, 0.3) is 0 Å². The average molecular weight is 516 g/mol. The standard InChI is InChI=1S/C27H37N3O5S/c1-5-25(27(32)28-22-12-6-7-13-22)29(18-21-11-9-15-24(17-21)35-3)26(31)19-30(36(4,33)34)23-14-8-10-20(2)16-23/h8-11,14-17,22,25H,5-7,12-13,18-19H2,1-4H3,(H,28,32)/t25-/m1/s1. The van der Waals surface area contributed by atoms with Crippen LogP contribution in [0, 0.1) is 6.92 Å². The maximum atomic E-state index is 13.8. The van der Waals surface area contributed by atoms with Crippen molar-refractivity contribution in [3.05, 3.63) is 59.7 Å². The number of carbonyl (C=O) groups is 2. The van der Waals surface area contributed by atoms with Gasteiger partial charge < -0.3 is 15.0 Å². The van der Waals surface area contributed by atoms with Gasteiger partial charge in [-0.2, -0.15) is 0 Å². The van der Waals surface area contributed by atoms with Crippen molar-refractivity contribution in [2.75, 3.05) is 24.2 Å². The first-order valence-corrected chi connectivity index (χ1v) is 14.2. The number of sulfonamides is 1. The molecule has 196 valence electrons. The Hall–Kier alpha value is -3.07. The number of rotatable bonds is 11. The summed E-state index contributed by atoms with van der Waals surface area (Å²) in [6.45, 7) is 3.47. The number of nitrogens with zero attached hydrogens (tertiary/aromatic N) is 2. The average Bonchev–Trinajstić information content (AvgIpc) is 3.34. The third-order valence-electron chi connectivity index (χ3n) is 6.54. The van der Waals surface area contributed by atoms with Crippen molar-refractivity contribution < 1.29 is 22.7 Å². The molecule has 0 unspecified atom stereocenters. The molecule has 1 atom stereocenters. The number of hydrogen-bond acceptors (Lipinski definition) is 5. The Balaban J connectivity index is 1.93. The van der Waals surface area contributed by atoms with Gasteiger partial charge in [0.25, 0.3) is 0 Å². The van der Waals surface area contributed by atoms with Crippen LogP contribution in [0.15, 0.2) is 48.5 Å². The zero-order chi connectivity index (χ0) is 26.3. The van der Waals surface area contributed by atoms with Gasteiger partial charge in [-0.15, -0.1) is 0 Å². The predicted octanol–water partition coefficient (Wildman–Crippen LogP) is 3.64. The van der Waals surface area contributed by atoms with Crippen LogP contribution in [0.1, 0.15) is 50.2 Å². The molecular formula is C27H37N3O5S. The van der Waals surface area contributed by atoms with E-state index in [0.29, 0.717) is 17.9 Å². The van der Waals surface area contributed by atoms with E-state index in [9.17, 15) is 18.0 Å². The summed E-state index contributed by atoms with van der Waals surface area (Å²) in [6.07, 6.45) is 5.50. The summed E-state index contributed by atoms with van der Waals surface area (Å²) in [5, 5.41) is 3.11. The van der Waals surface area contributed by atoms with Crippen LogP contribution < -0.4 is 14.4 Å². The first kappa shape index (κ1) is 27.5. The largest absolute Gasteiger partial charge is 0.497 e. The molecule has 1 N–H and O–H groups in total. The molecule has 0 saturated heterocycles. The highest BCUT2D eigenvalue weighted by atomic mass is 32.2. The second-order valence-corrected chi connectivity index (χ2v) is 11.3. The molecule has 0 heterocycles. The molecule has 36 heavy (non-hydrogen) atoms. The van der Waals surface area contributed by atoms with Crippen molar-refractivity contribution in [1.29, 1.82) is 0 Å². The number of anilines is 1. The fourth-order valence-corrected chi connectivity index (χ4v) is 5.49. The molecule has 2 amide bonds. The minimum atomic E-state index is -3.75. The third-order valence-corrected chi connectivity index (χ3v) is 7.68. The molecule has 3 rings (SSSR count). The summed E-state index contributed by atoms with van der Waals surface area (Å²) >= 11 is 0. The first-order chi connectivity index (χ1) is 17.1. The summed E-state index contributed by atoms with van der Waals surface area (Å²) in [5.74, 6) is -0.0128. The lowest BCUT2D eigenvalue weighted by Gasteiger charge is -2.33. The number of carbonyl (C=O) groups excluding carboxylic acids is 2. The SMILES string of the molecule is CC[C@H](C(=O)NC1CCCC1)N(Cc1cccc(OC)c1)C(=O)CN(c1cccc(C)c1)S(C)(=O)=O. The second-order valence-electron chi connectivity index (χ2n) is 9.40. The number of nitrogens with one attached hydrogen (secondary N) is 1. The van der Waals surface area contributed by atoms with E-state index in [1.54, 1.807) is 25.3 Å². The van der Waals surface area contributed by atoms with Gasteiger partial charge in [-0.3, -0.25) is 13.9 Å². The van der Waals surface area contributed by atoms with E-state index in [2.05, 4.69) is 5.32 Å². The van der Waals surface area contributed by atoms with Crippen molar-refractivity contribution in [3.63, 3.8) is 0 Å². The molecule has 1 fully saturated rings. The Morgan fingerprint density at radius 2 is 1.81 bits per heavy atom. The zero-order valence-electron chi connectivity index (χ0n) is 21.6. The van der Waals surface area contributed by atoms with Gasteiger partial charge in [-0.05, 0) is 61.6 Å². The van der Waals surface area contributed by atoms with Gasteiger partial charge in [-0.25, -0.2) is 8.42 Å². The highest BCUT2D eigenvalue weighted by Gasteiger charge is 2.33. The zero-order valence-corrected chi connectivity index (χ0v) is 22.4. The van der Waals surface area contributed by atoms with Crippen LogP contribution in [0.5, 0.6) is 5.75 Å². The van der Waals surface area contributed by atoms with Gasteiger partial charge in [0.2, 0.25) is 21.8 Å². The van der Waals surface area contributed by atoms with E-state index in [-0.39, 0.29) is 18.5 Å². The topological polar surface area (TPSA) is 96.0 Å². The van der Waals surface area contributed by atoms with Crippen molar-refractivity contribution in [1.82, 2.24) is 10.2 Å². The Kier molecular flexibility index (Phi) is 9.37. The van der Waals surface area contributed by atoms with E-state index < -0.39 is 28.5 Å². The summed E-state index contributed by atoms with van der Waals surface area (Å²) in [4.78, 5) is 28.6. The van der Waals surface area contributed by atoms with Crippen molar-refractivity contribution in [2.24, 2.45) is 0 Å². The number of methoxy groups -OCH3 is 1. The van der Waals surface area contributed by atoms with E-state index in [1.165, 1.54) is 4.90 Å². The van der Waals surface area contributed by atoms with Crippen LogP contribution in [0.4, 0.5) is 5.69 Å². The molecule has 0 spiro atoms. The number of hydrogen-bond donors (Lipinski definition) is 1. The van der Waals surface area contributed by atoms with Gasteiger partial charge in [0.1, 0.15) is 18.3 Å². The minimum Gasteiger partial charge on any atom is -0.497 e. The molecule has 0 aliphatic heterocycles. The van der Waals surface area contributed by atoms with Gasteiger partial charge in [0.05, 0.1) is 19.1 Å². The fraction of sp³-hybridized carbons (Fsp3) is 0.481. The number of benzene rings is 2. The predicted molar refractivity (Wildman–Crippen MR) is 141 cm³/mol. The summed E-state index contributed by atoms with van der Waals surface area (Å²) in [6, 6.07) is 13.7. The van der Waals surface area contributed by atoms with Crippen molar-refractivity contribution in [2.45, 2.75) is 64.6 Å². The summed E-state index contributed by atoms with van der Waals surface area (Å²) in [5.41, 5.74) is 2.08. The quantitative estimate of drug-likeness (QED) is 0.493. The van der Waals surface area contributed by atoms with Crippen LogP contribution in [0.3, 0.4) is 0 Å². The molecule has 0 bridgehead atoms. The highest BCUT2D eigenvalue weighted by molar-refractivity contribution is 7.92. The highest BCUT2D eigenvalue weighted by Crippen LogP contribution is 2.23. The number of ether oxygens (including phenoxy) is 1. The molecule has 2 aromatic rings. The Morgan fingerprint density at radius 1 is 1.11 bits per heavy atom. The van der Waals surface area contributed by atoms with E-state index in [1.807, 2.05) is 44.2 Å². The van der Waals surface area contributed by atoms with E-state index >= 15 is 0 Å². The maximum absolute atomic E-state index is 13.8. The van der Waals surface area contributed by atoms with Crippen LogP contribution in [-0.2, 0) is 26.2 Å². The molecule has 1 aliphatic rings. The van der Waals surface area contributed by atoms with Gasteiger partial charge in [-0.1, -0.05) is 44.0 Å². The molecule has 1 saturated carbocycles. The molecule has 1 aliphatic carbocycles. The van der Waals surface area contributed by atoms with Crippen LogP contribution in [-0.4, -0.2) is 57.1 Å². The smallest absolute Gasteiger partial charge is 0.244 e. The van der Waals surface area contributed by atoms with Crippen LogP contribution >= 0.6 is 0 Å². The summed E-state index contributed by atoms with van der Waals surface area (Å²) < 4.78 is 31.8. The lowest BCUT2D eigenvalue weighted by Crippen LogP contribution is -2.53. The molecule has 9 heteroatoms. The molecule has 2 aromatic carbocycles. The van der Waals surface area contributed by atoms with Gasteiger partial charge in [0.15, 0.2) is 0 Å². The Morgan fingerprint density at radius 3 is 2.42 bits per heavy atom. The van der Waals surface area contributed by atoms with Gasteiger partial charge >= 0.3 is 0 Å². The van der Waals surface area contributed by atoms with E-state index in [0.717, 1.165) is 47.4 Å². The number of aryl methyl sites for hydroxylation is 1. The number of amides is 2. The Bertz CT molecular complexity index is 1160. The van der Waals surface area contributed by atoms with E-state index in [4.69, 9.17) is 4.74 Å². The van der Waals surface area contributed by atoms with Crippen molar-refractivity contribution in [3.8, 4) is 5.75 Å². The summed E-state index contributed by atoms with van der Waals surface area (Å²) in [7, 11) is -2.19. The maximum Gasteiger partial charge on any atom is 0.244 e. The normalized spacial score (nSPS) is 14.8. The monoisotopic (exact) mass is 515 g/mol. The minimum absolute atomic E-state index is 0.111. The third kappa shape index (κ3) is 7.22. The molecule has 0 radical (unpaired) electrons. The first-order valence-electron chi connectivity index (χ1n) is 12.4. The fourth-order valence-electron chi connectivity index (χ4n) is 4.65. The van der Waals surface area contributed by atoms with Gasteiger partial charge in [0, 0.05) is 12.6 Å². The second kappa shape index (κ2) is 12.3. The molecule has 8 nitrogen and oxygen atoms in total.